The molecule has 146 valence electrons. The number of likely N-dealkylation sites (tertiary alicyclic amines) is 1. The lowest BCUT2D eigenvalue weighted by Crippen LogP contribution is -2.39. The SMILES string of the molecule is Cc1onc(C(C)(C)C)c1C(=O)N1CCC(c2nc3c(s2)CCCC3)CC1. The molecule has 1 fully saturated rings. The molecule has 1 saturated heterocycles. The molecular formula is C21H29N3O2S. The van der Waals surface area contributed by atoms with Crippen LogP contribution in [0.2, 0.25) is 0 Å². The fraction of sp³-hybridized carbons (Fsp3) is 0.667. The van der Waals surface area contributed by atoms with E-state index in [0.29, 0.717) is 17.2 Å². The number of aromatic nitrogens is 2. The van der Waals surface area contributed by atoms with Crippen LogP contribution in [0.5, 0.6) is 0 Å². The van der Waals surface area contributed by atoms with E-state index >= 15 is 0 Å². The van der Waals surface area contributed by atoms with E-state index in [-0.39, 0.29) is 11.3 Å². The van der Waals surface area contributed by atoms with E-state index in [4.69, 9.17) is 9.51 Å². The number of carbonyl (C=O) groups excluding carboxylic acids is 1. The first-order valence-corrected chi connectivity index (χ1v) is 10.9. The number of rotatable bonds is 2. The number of carbonyl (C=O) groups is 1. The normalized spacial score (nSPS) is 18.6. The summed E-state index contributed by atoms with van der Waals surface area (Å²) < 4.78 is 5.37. The molecule has 5 nitrogen and oxygen atoms in total. The number of hydrogen-bond acceptors (Lipinski definition) is 5. The summed E-state index contributed by atoms with van der Waals surface area (Å²) in [5, 5.41) is 5.47. The van der Waals surface area contributed by atoms with Crippen molar-refractivity contribution in [2.45, 2.75) is 77.6 Å². The predicted molar refractivity (Wildman–Crippen MR) is 107 cm³/mol. The number of thiazole rings is 1. The summed E-state index contributed by atoms with van der Waals surface area (Å²) in [5.74, 6) is 1.19. The van der Waals surface area contributed by atoms with Gasteiger partial charge in [-0.1, -0.05) is 25.9 Å². The van der Waals surface area contributed by atoms with E-state index in [1.165, 1.54) is 34.8 Å². The third-order valence-electron chi connectivity index (χ3n) is 5.78. The maximum absolute atomic E-state index is 13.2. The molecule has 0 aromatic carbocycles. The van der Waals surface area contributed by atoms with Gasteiger partial charge in [-0.15, -0.1) is 11.3 Å². The smallest absolute Gasteiger partial charge is 0.259 e. The zero-order valence-electron chi connectivity index (χ0n) is 16.8. The molecule has 0 unspecified atom stereocenters. The maximum Gasteiger partial charge on any atom is 0.259 e. The Balaban J connectivity index is 1.46. The minimum atomic E-state index is -0.207. The van der Waals surface area contributed by atoms with E-state index in [1.54, 1.807) is 0 Å². The highest BCUT2D eigenvalue weighted by molar-refractivity contribution is 7.11. The summed E-state index contributed by atoms with van der Waals surface area (Å²) in [6.45, 7) is 9.60. The van der Waals surface area contributed by atoms with Gasteiger partial charge in [-0.2, -0.15) is 0 Å². The Kier molecular flexibility index (Phi) is 4.87. The minimum absolute atomic E-state index is 0.0653. The van der Waals surface area contributed by atoms with Crippen LogP contribution in [0.25, 0.3) is 0 Å². The van der Waals surface area contributed by atoms with Gasteiger partial charge in [0.25, 0.3) is 5.91 Å². The van der Waals surface area contributed by atoms with Crippen molar-refractivity contribution >= 4 is 17.2 Å². The first kappa shape index (κ1) is 18.7. The molecule has 0 spiro atoms. The molecule has 2 aromatic heterocycles. The molecule has 0 saturated carbocycles. The highest BCUT2D eigenvalue weighted by atomic mass is 32.1. The molecule has 0 bridgehead atoms. The van der Waals surface area contributed by atoms with Crippen LogP contribution < -0.4 is 0 Å². The van der Waals surface area contributed by atoms with Gasteiger partial charge in [0, 0.05) is 29.3 Å². The van der Waals surface area contributed by atoms with Crippen molar-refractivity contribution in [2.75, 3.05) is 13.1 Å². The predicted octanol–water partition coefficient (Wildman–Crippen LogP) is 4.64. The van der Waals surface area contributed by atoms with Crippen molar-refractivity contribution < 1.29 is 9.32 Å². The molecule has 0 atom stereocenters. The topological polar surface area (TPSA) is 59.2 Å². The van der Waals surface area contributed by atoms with Crippen LogP contribution in [-0.2, 0) is 18.3 Å². The van der Waals surface area contributed by atoms with Crippen molar-refractivity contribution in [2.24, 2.45) is 0 Å². The molecule has 3 heterocycles. The van der Waals surface area contributed by atoms with Gasteiger partial charge < -0.3 is 9.42 Å². The van der Waals surface area contributed by atoms with Crippen LogP contribution >= 0.6 is 11.3 Å². The molecule has 0 radical (unpaired) electrons. The number of amides is 1. The molecule has 0 N–H and O–H groups in total. The van der Waals surface area contributed by atoms with Crippen LogP contribution in [0.1, 0.15) is 89.8 Å². The Morgan fingerprint density at radius 3 is 2.56 bits per heavy atom. The molecule has 2 aromatic rings. The Morgan fingerprint density at radius 2 is 1.89 bits per heavy atom. The highest BCUT2D eigenvalue weighted by Crippen LogP contribution is 2.36. The van der Waals surface area contributed by atoms with E-state index in [2.05, 4.69) is 25.9 Å². The molecule has 1 aliphatic carbocycles. The number of nitrogens with zero attached hydrogens (tertiary/aromatic N) is 3. The average molecular weight is 388 g/mol. The fourth-order valence-corrected chi connectivity index (χ4v) is 5.49. The minimum Gasteiger partial charge on any atom is -0.361 e. The van der Waals surface area contributed by atoms with Crippen LogP contribution in [0.15, 0.2) is 4.52 Å². The van der Waals surface area contributed by atoms with E-state index in [1.807, 2.05) is 23.2 Å². The highest BCUT2D eigenvalue weighted by Gasteiger charge is 2.34. The number of piperidine rings is 1. The molecule has 27 heavy (non-hydrogen) atoms. The van der Waals surface area contributed by atoms with Crippen molar-refractivity contribution in [1.29, 1.82) is 0 Å². The monoisotopic (exact) mass is 387 g/mol. The molecule has 4 rings (SSSR count). The lowest BCUT2D eigenvalue weighted by atomic mass is 9.88. The summed E-state index contributed by atoms with van der Waals surface area (Å²) in [6, 6.07) is 0. The van der Waals surface area contributed by atoms with Crippen molar-refractivity contribution in [3.8, 4) is 0 Å². The zero-order valence-corrected chi connectivity index (χ0v) is 17.6. The Labute approximate surface area is 165 Å². The van der Waals surface area contributed by atoms with Crippen molar-refractivity contribution in [3.05, 3.63) is 32.6 Å². The fourth-order valence-electron chi connectivity index (χ4n) is 4.17. The molecule has 1 amide bonds. The van der Waals surface area contributed by atoms with Gasteiger partial charge in [0.05, 0.1) is 10.7 Å². The summed E-state index contributed by atoms with van der Waals surface area (Å²) in [5.41, 5.74) is 2.56. The van der Waals surface area contributed by atoms with Crippen LogP contribution in [0.3, 0.4) is 0 Å². The first-order valence-electron chi connectivity index (χ1n) is 10.1. The lowest BCUT2D eigenvalue weighted by molar-refractivity contribution is 0.0709. The maximum atomic E-state index is 13.2. The Morgan fingerprint density at radius 1 is 1.19 bits per heavy atom. The van der Waals surface area contributed by atoms with Crippen LogP contribution in [0.4, 0.5) is 0 Å². The Bertz CT molecular complexity index is 815. The van der Waals surface area contributed by atoms with E-state index in [9.17, 15) is 4.79 Å². The third kappa shape index (κ3) is 3.56. The summed E-state index contributed by atoms with van der Waals surface area (Å²) in [6.07, 6.45) is 6.91. The van der Waals surface area contributed by atoms with Crippen LogP contribution in [0, 0.1) is 6.92 Å². The number of aryl methyl sites for hydroxylation is 3. The second-order valence-electron chi connectivity index (χ2n) is 8.91. The quantitative estimate of drug-likeness (QED) is 0.753. The number of fused-ring (bicyclic) bond motifs is 1. The average Bonchev–Trinajstić information content (AvgIpc) is 3.24. The van der Waals surface area contributed by atoms with Gasteiger partial charge in [-0.3, -0.25) is 4.79 Å². The number of hydrogen-bond donors (Lipinski definition) is 0. The lowest BCUT2D eigenvalue weighted by Gasteiger charge is -2.31. The molecule has 2 aliphatic rings. The molecular weight excluding hydrogens is 358 g/mol. The summed E-state index contributed by atoms with van der Waals surface area (Å²) >= 11 is 1.92. The van der Waals surface area contributed by atoms with Gasteiger partial charge in [-0.25, -0.2) is 4.98 Å². The van der Waals surface area contributed by atoms with Crippen LogP contribution in [-0.4, -0.2) is 34.0 Å². The standard InChI is InChI=1S/C21H29N3O2S/c1-13-17(18(23-26-13)21(2,3)4)20(25)24-11-9-14(10-12-24)19-22-15-7-5-6-8-16(15)27-19/h14H,5-12H2,1-4H3. The van der Waals surface area contributed by atoms with E-state index in [0.717, 1.165) is 38.0 Å². The van der Waals surface area contributed by atoms with Gasteiger partial charge in [0.1, 0.15) is 17.0 Å². The molecule has 6 heteroatoms. The van der Waals surface area contributed by atoms with Crippen molar-refractivity contribution in [1.82, 2.24) is 15.0 Å². The summed E-state index contributed by atoms with van der Waals surface area (Å²) in [4.78, 5) is 21.6. The summed E-state index contributed by atoms with van der Waals surface area (Å²) in [7, 11) is 0. The second-order valence-corrected chi connectivity index (χ2v) is 10.0. The molecule has 1 aliphatic heterocycles. The van der Waals surface area contributed by atoms with Gasteiger partial charge in [0.2, 0.25) is 0 Å². The van der Waals surface area contributed by atoms with Gasteiger partial charge in [0.15, 0.2) is 0 Å². The largest absolute Gasteiger partial charge is 0.361 e. The van der Waals surface area contributed by atoms with E-state index < -0.39 is 0 Å². The van der Waals surface area contributed by atoms with Crippen molar-refractivity contribution in [3.63, 3.8) is 0 Å². The second kappa shape index (κ2) is 7.04. The van der Waals surface area contributed by atoms with Gasteiger partial charge >= 0.3 is 0 Å². The third-order valence-corrected chi connectivity index (χ3v) is 7.10. The zero-order chi connectivity index (χ0) is 19.2. The Hall–Kier alpha value is -1.69. The first-order chi connectivity index (χ1) is 12.8. The van der Waals surface area contributed by atoms with Gasteiger partial charge in [-0.05, 0) is 45.4 Å².